The number of carbonyl (C=O) groups is 1. The summed E-state index contributed by atoms with van der Waals surface area (Å²) in [5.74, 6) is 0. The first-order valence-electron chi connectivity index (χ1n) is 10.4. The molecule has 2 heterocycles. The number of halogens is 1. The molecule has 6 nitrogen and oxygen atoms in total. The van der Waals surface area contributed by atoms with Crippen molar-refractivity contribution in [3.63, 3.8) is 0 Å². The number of hydrogen-bond donors (Lipinski definition) is 1. The molecular formula is C23H26ClN5O. The zero-order valence-corrected chi connectivity index (χ0v) is 17.6. The van der Waals surface area contributed by atoms with Gasteiger partial charge in [-0.3, -0.25) is 9.67 Å². The van der Waals surface area contributed by atoms with E-state index in [1.54, 1.807) is 12.4 Å². The van der Waals surface area contributed by atoms with E-state index in [9.17, 15) is 4.79 Å². The van der Waals surface area contributed by atoms with Crippen LogP contribution in [0, 0.1) is 0 Å². The molecule has 0 unspecified atom stereocenters. The number of carbonyl (C=O) groups excluding carboxylic acids is 1. The minimum Gasteiger partial charge on any atom is -0.334 e. The smallest absolute Gasteiger partial charge is 0.317 e. The second kappa shape index (κ2) is 9.76. The maximum atomic E-state index is 13.0. The minimum atomic E-state index is -0.0154. The summed E-state index contributed by atoms with van der Waals surface area (Å²) >= 11 is 5.94. The first kappa shape index (κ1) is 20.4. The van der Waals surface area contributed by atoms with Crippen LogP contribution in [0.2, 0.25) is 5.02 Å². The molecule has 0 saturated heterocycles. The van der Waals surface area contributed by atoms with Crippen LogP contribution in [0.3, 0.4) is 0 Å². The van der Waals surface area contributed by atoms with Crippen LogP contribution in [-0.2, 0) is 13.1 Å². The van der Waals surface area contributed by atoms with Gasteiger partial charge in [-0.1, -0.05) is 36.6 Å². The summed E-state index contributed by atoms with van der Waals surface area (Å²) < 4.78 is 1.91. The van der Waals surface area contributed by atoms with E-state index in [0.29, 0.717) is 30.7 Å². The van der Waals surface area contributed by atoms with E-state index in [4.69, 9.17) is 11.6 Å². The number of aromatic nitrogens is 3. The van der Waals surface area contributed by atoms with Gasteiger partial charge in [-0.2, -0.15) is 5.10 Å². The number of rotatable bonds is 7. The maximum Gasteiger partial charge on any atom is 0.317 e. The van der Waals surface area contributed by atoms with E-state index in [2.05, 4.69) is 15.4 Å². The van der Waals surface area contributed by atoms with Gasteiger partial charge in [0.15, 0.2) is 0 Å². The Labute approximate surface area is 181 Å². The van der Waals surface area contributed by atoms with Crippen molar-refractivity contribution in [3.8, 4) is 11.3 Å². The molecule has 1 aliphatic carbocycles. The molecule has 0 aliphatic heterocycles. The van der Waals surface area contributed by atoms with Gasteiger partial charge >= 0.3 is 6.03 Å². The Bertz CT molecular complexity index is 951. The van der Waals surface area contributed by atoms with Gasteiger partial charge in [0.1, 0.15) is 0 Å². The first-order valence-corrected chi connectivity index (χ1v) is 10.8. The molecule has 1 aromatic carbocycles. The summed E-state index contributed by atoms with van der Waals surface area (Å²) in [5.41, 5.74) is 2.99. The second-order valence-corrected chi connectivity index (χ2v) is 8.05. The first-order chi connectivity index (χ1) is 14.7. The molecule has 0 spiro atoms. The van der Waals surface area contributed by atoms with Crippen LogP contribution < -0.4 is 5.32 Å². The lowest BCUT2D eigenvalue weighted by molar-refractivity contribution is 0.170. The number of nitrogens with one attached hydrogen (secondary N) is 1. The molecule has 1 N–H and O–H groups in total. The van der Waals surface area contributed by atoms with Gasteiger partial charge in [0.25, 0.3) is 0 Å². The van der Waals surface area contributed by atoms with Gasteiger partial charge in [-0.15, -0.1) is 0 Å². The van der Waals surface area contributed by atoms with Crippen molar-refractivity contribution in [1.29, 1.82) is 0 Å². The summed E-state index contributed by atoms with van der Waals surface area (Å²) in [6, 6.07) is 13.7. The van der Waals surface area contributed by atoms with Crippen LogP contribution in [0.1, 0.15) is 31.2 Å². The quantitative estimate of drug-likeness (QED) is 0.596. The molecule has 30 heavy (non-hydrogen) atoms. The third-order valence-electron chi connectivity index (χ3n) is 5.57. The van der Waals surface area contributed by atoms with Crippen LogP contribution in [0.25, 0.3) is 11.3 Å². The van der Waals surface area contributed by atoms with Crippen molar-refractivity contribution < 1.29 is 4.79 Å². The fourth-order valence-corrected chi connectivity index (χ4v) is 4.05. The third-order valence-corrected chi connectivity index (χ3v) is 5.82. The zero-order valence-electron chi connectivity index (χ0n) is 16.9. The van der Waals surface area contributed by atoms with Crippen molar-refractivity contribution in [3.05, 3.63) is 71.6 Å². The topological polar surface area (TPSA) is 63.1 Å². The largest absolute Gasteiger partial charge is 0.334 e. The Morgan fingerprint density at radius 2 is 1.83 bits per heavy atom. The minimum absolute atomic E-state index is 0.0154. The lowest BCUT2D eigenvalue weighted by Crippen LogP contribution is -2.46. The standard InChI is InChI=1S/C23H26ClN5O/c24-20-7-5-18(6-8-20)17-26-23(30)29(21-3-1-2-4-21)16-15-28-14-11-22(27-28)19-9-12-25-13-10-19/h5-14,21H,1-4,15-17H2,(H,26,30). The molecule has 0 radical (unpaired) electrons. The Morgan fingerprint density at radius 3 is 2.57 bits per heavy atom. The van der Waals surface area contributed by atoms with Crippen LogP contribution in [0.4, 0.5) is 4.79 Å². The summed E-state index contributed by atoms with van der Waals surface area (Å²) in [4.78, 5) is 19.0. The van der Waals surface area contributed by atoms with E-state index in [-0.39, 0.29) is 6.03 Å². The van der Waals surface area contributed by atoms with Crippen LogP contribution in [0.15, 0.2) is 61.1 Å². The number of nitrogens with zero attached hydrogens (tertiary/aromatic N) is 4. The average molecular weight is 424 g/mol. The fourth-order valence-electron chi connectivity index (χ4n) is 3.92. The highest BCUT2D eigenvalue weighted by Crippen LogP contribution is 2.24. The number of amides is 2. The van der Waals surface area contributed by atoms with Gasteiger partial charge < -0.3 is 10.2 Å². The molecule has 2 aromatic heterocycles. The van der Waals surface area contributed by atoms with Gasteiger partial charge in [-0.25, -0.2) is 4.79 Å². The van der Waals surface area contributed by atoms with Gasteiger partial charge in [0.2, 0.25) is 0 Å². The van der Waals surface area contributed by atoms with E-state index in [0.717, 1.165) is 29.7 Å². The van der Waals surface area contributed by atoms with Crippen molar-refractivity contribution in [2.24, 2.45) is 0 Å². The van der Waals surface area contributed by atoms with Crippen LogP contribution in [-0.4, -0.2) is 38.3 Å². The molecule has 1 saturated carbocycles. The predicted octanol–water partition coefficient (Wildman–Crippen LogP) is 4.75. The van der Waals surface area contributed by atoms with E-state index < -0.39 is 0 Å². The Morgan fingerprint density at radius 1 is 1.10 bits per heavy atom. The Kier molecular flexibility index (Phi) is 6.64. The van der Waals surface area contributed by atoms with Crippen molar-refractivity contribution in [2.45, 2.75) is 44.8 Å². The fraction of sp³-hybridized carbons (Fsp3) is 0.348. The van der Waals surface area contributed by atoms with E-state index in [1.165, 1.54) is 12.8 Å². The lowest BCUT2D eigenvalue weighted by Gasteiger charge is -2.29. The highest BCUT2D eigenvalue weighted by atomic mass is 35.5. The third kappa shape index (κ3) is 5.19. The predicted molar refractivity (Wildman–Crippen MR) is 118 cm³/mol. The van der Waals surface area contributed by atoms with Gasteiger partial charge in [-0.05, 0) is 48.7 Å². The SMILES string of the molecule is O=C(NCc1ccc(Cl)cc1)N(CCn1ccc(-c2ccncc2)n1)C1CCCC1. The summed E-state index contributed by atoms with van der Waals surface area (Å²) in [5, 5.41) is 8.43. The van der Waals surface area contributed by atoms with Crippen LogP contribution >= 0.6 is 11.6 Å². The molecular weight excluding hydrogens is 398 g/mol. The monoisotopic (exact) mass is 423 g/mol. The number of hydrogen-bond acceptors (Lipinski definition) is 3. The molecule has 4 rings (SSSR count). The summed E-state index contributed by atoms with van der Waals surface area (Å²) in [6.07, 6.45) is 9.99. The average Bonchev–Trinajstić information content (AvgIpc) is 3.47. The molecule has 3 aromatic rings. The highest BCUT2D eigenvalue weighted by Gasteiger charge is 2.26. The van der Waals surface area contributed by atoms with Crippen molar-refractivity contribution in [1.82, 2.24) is 25.0 Å². The van der Waals surface area contributed by atoms with Gasteiger partial charge in [0, 0.05) is 48.3 Å². The molecule has 1 aliphatic rings. The molecule has 2 amide bonds. The molecule has 156 valence electrons. The molecule has 7 heteroatoms. The Balaban J connectivity index is 1.38. The normalized spacial score (nSPS) is 14.0. The molecule has 0 atom stereocenters. The summed E-state index contributed by atoms with van der Waals surface area (Å²) in [7, 11) is 0. The zero-order chi connectivity index (χ0) is 20.8. The van der Waals surface area contributed by atoms with E-state index >= 15 is 0 Å². The van der Waals surface area contributed by atoms with Crippen LogP contribution in [0.5, 0.6) is 0 Å². The lowest BCUT2D eigenvalue weighted by atomic mass is 10.2. The van der Waals surface area contributed by atoms with Gasteiger partial charge in [0.05, 0.1) is 12.2 Å². The highest BCUT2D eigenvalue weighted by molar-refractivity contribution is 6.30. The van der Waals surface area contributed by atoms with Crippen molar-refractivity contribution in [2.75, 3.05) is 6.54 Å². The van der Waals surface area contributed by atoms with Crippen molar-refractivity contribution >= 4 is 17.6 Å². The Hall–Kier alpha value is -2.86. The maximum absolute atomic E-state index is 13.0. The molecule has 1 fully saturated rings. The summed E-state index contributed by atoms with van der Waals surface area (Å²) in [6.45, 7) is 1.79. The molecule has 0 bridgehead atoms. The number of benzene rings is 1. The van der Waals surface area contributed by atoms with E-state index in [1.807, 2.05) is 58.2 Å². The number of urea groups is 1. The number of pyridine rings is 1. The second-order valence-electron chi connectivity index (χ2n) is 7.62.